The molecular weight excluding hydrogens is 240 g/mol. The topological polar surface area (TPSA) is 96.2 Å². The lowest BCUT2D eigenvalue weighted by molar-refractivity contribution is -0.779. The summed E-state index contributed by atoms with van der Waals surface area (Å²) in [7, 11) is 0. The van der Waals surface area contributed by atoms with Crippen LogP contribution in [-0.4, -0.2) is 59.3 Å². The maximum atomic E-state index is 10.6. The molecule has 0 saturated heterocycles. The fourth-order valence-electron chi connectivity index (χ4n) is 1.56. The van der Waals surface area contributed by atoms with E-state index < -0.39 is 11.9 Å². The smallest absolute Gasteiger partial charge is 0.309 e. The van der Waals surface area contributed by atoms with Gasteiger partial charge in [0, 0.05) is 0 Å². The molecule has 1 aliphatic heterocycles. The minimum atomic E-state index is -0.896. The first-order valence-electron chi connectivity index (χ1n) is 5.64. The number of ether oxygens (including phenoxy) is 1. The molecule has 18 heavy (non-hydrogen) atoms. The number of carbonyl (C=O) groups is 2. The Balaban J connectivity index is 2.30. The fraction of sp³-hybridized carbons (Fsp3) is 0.545. The van der Waals surface area contributed by atoms with Crippen LogP contribution in [0.15, 0.2) is 17.4 Å². The highest BCUT2D eigenvalue weighted by Gasteiger charge is 2.26. The van der Waals surface area contributed by atoms with Gasteiger partial charge in [0.1, 0.15) is 12.7 Å². The van der Waals surface area contributed by atoms with Crippen LogP contribution in [0.2, 0.25) is 0 Å². The largest absolute Gasteiger partial charge is 0.481 e. The zero-order valence-electron chi connectivity index (χ0n) is 9.99. The van der Waals surface area contributed by atoms with E-state index in [0.717, 1.165) is 0 Å². The molecule has 0 fully saturated rings. The minimum absolute atomic E-state index is 0.0287. The monoisotopic (exact) mass is 257 g/mol. The Morgan fingerprint density at radius 3 is 2.39 bits per heavy atom. The van der Waals surface area contributed by atoms with Crippen molar-refractivity contribution < 1.29 is 29.0 Å². The van der Waals surface area contributed by atoms with Gasteiger partial charge in [-0.1, -0.05) is 0 Å². The average Bonchev–Trinajstić information content (AvgIpc) is 2.75. The van der Waals surface area contributed by atoms with E-state index in [0.29, 0.717) is 24.2 Å². The predicted molar refractivity (Wildman–Crippen MR) is 63.0 cm³/mol. The third-order valence-electron chi connectivity index (χ3n) is 2.60. The van der Waals surface area contributed by atoms with Gasteiger partial charge in [0.2, 0.25) is 0 Å². The third-order valence-corrected chi connectivity index (χ3v) is 2.60. The van der Waals surface area contributed by atoms with Crippen LogP contribution in [0, 0.1) is 0 Å². The van der Waals surface area contributed by atoms with Crippen molar-refractivity contribution in [2.45, 2.75) is 12.8 Å². The quantitative estimate of drug-likeness (QED) is 0.457. The van der Waals surface area contributed by atoms with Crippen molar-refractivity contribution in [2.75, 3.05) is 26.3 Å². The Morgan fingerprint density at radius 1 is 1.11 bits per heavy atom. The summed E-state index contributed by atoms with van der Waals surface area (Å²) in [5.74, 6) is -1.75. The Morgan fingerprint density at radius 2 is 1.83 bits per heavy atom. The number of aliphatic imine (C=N–C) groups is 1. The number of aliphatic carboxylic acids is 2. The van der Waals surface area contributed by atoms with Crippen molar-refractivity contribution >= 4 is 18.3 Å². The molecule has 100 valence electrons. The Bertz CT molecular complexity index is 352. The molecule has 0 saturated carbocycles. The maximum Gasteiger partial charge on any atom is 0.309 e. The zero-order valence-corrected chi connectivity index (χ0v) is 9.99. The second-order valence-electron chi connectivity index (χ2n) is 4.01. The highest BCUT2D eigenvalue weighted by molar-refractivity contribution is 5.67. The molecule has 0 radical (unpaired) electrons. The van der Waals surface area contributed by atoms with Gasteiger partial charge in [-0.25, -0.2) is 4.99 Å². The summed E-state index contributed by atoms with van der Waals surface area (Å²) >= 11 is 0. The SMILES string of the molecule is O=C(O)CCOCC[N+]1(CCC(=O)O)C=CN=C1. The second kappa shape index (κ2) is 6.87. The molecule has 1 atom stereocenters. The summed E-state index contributed by atoms with van der Waals surface area (Å²) in [5.41, 5.74) is 0. The lowest BCUT2D eigenvalue weighted by Gasteiger charge is -2.26. The summed E-state index contributed by atoms with van der Waals surface area (Å²) < 4.78 is 5.53. The van der Waals surface area contributed by atoms with E-state index in [1.807, 2.05) is 6.20 Å². The van der Waals surface area contributed by atoms with Crippen molar-refractivity contribution in [3.63, 3.8) is 0 Å². The van der Waals surface area contributed by atoms with Gasteiger partial charge in [-0.3, -0.25) is 14.1 Å². The third kappa shape index (κ3) is 5.07. The lowest BCUT2D eigenvalue weighted by Crippen LogP contribution is -2.44. The molecular formula is C11H17N2O5+. The molecule has 1 heterocycles. The number of hydrogen-bond acceptors (Lipinski definition) is 4. The van der Waals surface area contributed by atoms with E-state index in [9.17, 15) is 9.59 Å². The summed E-state index contributed by atoms with van der Waals surface area (Å²) in [6.45, 7) is 1.49. The molecule has 7 nitrogen and oxygen atoms in total. The number of nitrogens with zero attached hydrogens (tertiary/aromatic N) is 2. The van der Waals surface area contributed by atoms with Crippen molar-refractivity contribution in [3.8, 4) is 0 Å². The summed E-state index contributed by atoms with van der Waals surface area (Å²) in [6.07, 6.45) is 5.12. The molecule has 1 aliphatic rings. The van der Waals surface area contributed by atoms with Gasteiger partial charge < -0.3 is 14.9 Å². The van der Waals surface area contributed by atoms with Crippen LogP contribution in [-0.2, 0) is 14.3 Å². The first-order chi connectivity index (χ1) is 8.54. The number of carboxylic acid groups (broad SMARTS) is 2. The van der Waals surface area contributed by atoms with Gasteiger partial charge in [-0.05, 0) is 0 Å². The molecule has 0 aromatic rings. The van der Waals surface area contributed by atoms with E-state index in [1.165, 1.54) is 0 Å². The van der Waals surface area contributed by atoms with E-state index in [-0.39, 0.29) is 19.4 Å². The maximum absolute atomic E-state index is 10.6. The van der Waals surface area contributed by atoms with E-state index in [4.69, 9.17) is 14.9 Å². The van der Waals surface area contributed by atoms with Crippen molar-refractivity contribution in [3.05, 3.63) is 12.4 Å². The van der Waals surface area contributed by atoms with Crippen molar-refractivity contribution in [2.24, 2.45) is 4.99 Å². The average molecular weight is 257 g/mol. The van der Waals surface area contributed by atoms with Gasteiger partial charge in [0.15, 0.2) is 6.34 Å². The number of quaternary nitrogens is 1. The van der Waals surface area contributed by atoms with Crippen LogP contribution in [0.4, 0.5) is 0 Å². The van der Waals surface area contributed by atoms with Crippen LogP contribution in [0.5, 0.6) is 0 Å². The van der Waals surface area contributed by atoms with E-state index >= 15 is 0 Å². The fourth-order valence-corrected chi connectivity index (χ4v) is 1.56. The van der Waals surface area contributed by atoms with Crippen LogP contribution >= 0.6 is 0 Å². The number of rotatable bonds is 9. The first-order valence-corrected chi connectivity index (χ1v) is 5.64. The van der Waals surface area contributed by atoms with Gasteiger partial charge in [-0.2, -0.15) is 0 Å². The molecule has 1 unspecified atom stereocenters. The molecule has 0 aliphatic carbocycles. The molecule has 0 bridgehead atoms. The summed E-state index contributed by atoms with van der Waals surface area (Å²) in [6, 6.07) is 0. The highest BCUT2D eigenvalue weighted by atomic mass is 16.5. The molecule has 0 spiro atoms. The lowest BCUT2D eigenvalue weighted by atomic mass is 10.3. The Hall–Kier alpha value is -1.73. The molecule has 0 aromatic heterocycles. The zero-order chi connectivity index (χ0) is 13.4. The normalized spacial score (nSPS) is 21.3. The summed E-state index contributed by atoms with van der Waals surface area (Å²) in [4.78, 5) is 24.8. The van der Waals surface area contributed by atoms with Crippen molar-refractivity contribution in [1.82, 2.24) is 0 Å². The number of carboxylic acids is 2. The van der Waals surface area contributed by atoms with E-state index in [2.05, 4.69) is 4.99 Å². The highest BCUT2D eigenvalue weighted by Crippen LogP contribution is 2.12. The first kappa shape index (κ1) is 14.3. The number of hydrogen-bond donors (Lipinski definition) is 2. The predicted octanol–water partition coefficient (Wildman–Crippen LogP) is 0.282. The van der Waals surface area contributed by atoms with E-state index in [1.54, 1.807) is 12.5 Å². The minimum Gasteiger partial charge on any atom is -0.481 e. The van der Waals surface area contributed by atoms with Crippen LogP contribution in [0.1, 0.15) is 12.8 Å². The molecule has 0 amide bonds. The van der Waals surface area contributed by atoms with Gasteiger partial charge in [0.05, 0.1) is 38.8 Å². The van der Waals surface area contributed by atoms with Gasteiger partial charge in [-0.15, -0.1) is 0 Å². The van der Waals surface area contributed by atoms with Gasteiger partial charge in [0.25, 0.3) is 0 Å². The molecule has 2 N–H and O–H groups in total. The molecule has 1 rings (SSSR count). The summed E-state index contributed by atoms with van der Waals surface area (Å²) in [5, 5.41) is 17.1. The van der Waals surface area contributed by atoms with Crippen LogP contribution < -0.4 is 0 Å². The standard InChI is InChI=1S/C11H16N2O5/c14-10(15)1-4-13(5-3-12-9-13)6-8-18-7-2-11(16)17/h3,5,9H,1-2,4,6-8H2,(H-,14,15,16,17)/p+1. The second-order valence-corrected chi connectivity index (χ2v) is 4.01. The van der Waals surface area contributed by atoms with Crippen LogP contribution in [0.3, 0.4) is 0 Å². The Labute approximate surface area is 105 Å². The van der Waals surface area contributed by atoms with Crippen LogP contribution in [0.25, 0.3) is 0 Å². The molecule has 0 aromatic carbocycles. The Kier molecular flexibility index (Phi) is 5.47. The van der Waals surface area contributed by atoms with Crippen molar-refractivity contribution in [1.29, 1.82) is 0 Å². The van der Waals surface area contributed by atoms with Gasteiger partial charge >= 0.3 is 11.9 Å². The molecule has 7 heteroatoms.